The second-order valence-corrected chi connectivity index (χ2v) is 10.1. The predicted molar refractivity (Wildman–Crippen MR) is 174 cm³/mol. The lowest BCUT2D eigenvalue weighted by Crippen LogP contribution is -2.38. The molecule has 0 saturated heterocycles. The Labute approximate surface area is 256 Å². The van der Waals surface area contributed by atoms with Crippen LogP contribution in [0.25, 0.3) is 6.08 Å². The average molecular weight is 579 g/mol. The van der Waals surface area contributed by atoms with Gasteiger partial charge >= 0.3 is 0 Å². The molecule has 0 aromatic heterocycles. The molecular formula is C38H30N2O4. The fraction of sp³-hybridized carbons (Fsp3) is 0.0526. The molecule has 6 nitrogen and oxygen atoms in total. The van der Waals surface area contributed by atoms with Crippen LogP contribution in [-0.4, -0.2) is 25.8 Å². The topological polar surface area (TPSA) is 59.1 Å². The third kappa shape index (κ3) is 5.49. The van der Waals surface area contributed by atoms with Crippen LogP contribution < -0.4 is 19.5 Å². The zero-order valence-electron chi connectivity index (χ0n) is 24.4. The van der Waals surface area contributed by atoms with Crippen molar-refractivity contribution in [3.05, 3.63) is 173 Å². The first-order valence-electron chi connectivity index (χ1n) is 14.2. The molecule has 6 rings (SSSR count). The van der Waals surface area contributed by atoms with Crippen LogP contribution in [0.5, 0.6) is 11.5 Å². The predicted octanol–water partition coefficient (Wildman–Crippen LogP) is 8.01. The summed E-state index contributed by atoms with van der Waals surface area (Å²) in [5, 5.41) is 3.74. The quantitative estimate of drug-likeness (QED) is 0.165. The summed E-state index contributed by atoms with van der Waals surface area (Å²) in [5.74, 6) is 0.813. The number of hydrazine groups is 1. The molecule has 0 N–H and O–H groups in total. The molecule has 6 heteroatoms. The van der Waals surface area contributed by atoms with Crippen molar-refractivity contribution in [1.29, 1.82) is 0 Å². The summed E-state index contributed by atoms with van der Waals surface area (Å²) in [6.07, 6.45) is 1.95. The Balaban J connectivity index is 1.69. The fourth-order valence-electron chi connectivity index (χ4n) is 5.22. The molecule has 0 bridgehead atoms. The van der Waals surface area contributed by atoms with Gasteiger partial charge in [-0.25, -0.2) is 10.0 Å². The van der Waals surface area contributed by atoms with E-state index in [1.54, 1.807) is 38.5 Å². The lowest BCUT2D eigenvalue weighted by atomic mass is 9.95. The molecule has 5 aromatic carbocycles. The van der Waals surface area contributed by atoms with Crippen molar-refractivity contribution in [2.75, 3.05) is 24.2 Å². The van der Waals surface area contributed by atoms with Gasteiger partial charge in [-0.15, -0.1) is 0 Å². The monoisotopic (exact) mass is 578 g/mol. The van der Waals surface area contributed by atoms with Crippen molar-refractivity contribution < 1.29 is 19.1 Å². The van der Waals surface area contributed by atoms with Gasteiger partial charge in [0.25, 0.3) is 0 Å². The molecule has 44 heavy (non-hydrogen) atoms. The number of anilines is 2. The lowest BCUT2D eigenvalue weighted by molar-refractivity contribution is 0.100. The molecule has 0 saturated carbocycles. The van der Waals surface area contributed by atoms with Crippen LogP contribution in [-0.2, 0) is 0 Å². The van der Waals surface area contributed by atoms with E-state index >= 15 is 0 Å². The largest absolute Gasteiger partial charge is 0.497 e. The van der Waals surface area contributed by atoms with Gasteiger partial charge in [-0.2, -0.15) is 0 Å². The Hall–Kier alpha value is -5.88. The zero-order valence-corrected chi connectivity index (χ0v) is 24.4. The van der Waals surface area contributed by atoms with Gasteiger partial charge in [0.15, 0.2) is 5.78 Å². The Morgan fingerprint density at radius 3 is 1.43 bits per heavy atom. The minimum Gasteiger partial charge on any atom is -0.497 e. The highest BCUT2D eigenvalue weighted by atomic mass is 16.5. The molecular weight excluding hydrogens is 548 g/mol. The minimum atomic E-state index is -0.282. The zero-order chi connectivity index (χ0) is 30.5. The van der Waals surface area contributed by atoms with Crippen molar-refractivity contribution in [1.82, 2.24) is 0 Å². The number of carbonyl (C=O) groups is 2. The third-order valence-electron chi connectivity index (χ3n) is 7.38. The number of ether oxygens (including phenoxy) is 2. The summed E-state index contributed by atoms with van der Waals surface area (Å²) >= 11 is 0. The van der Waals surface area contributed by atoms with E-state index in [1.807, 2.05) is 131 Å². The van der Waals surface area contributed by atoms with E-state index in [4.69, 9.17) is 9.47 Å². The van der Waals surface area contributed by atoms with Crippen LogP contribution in [0.2, 0.25) is 0 Å². The fourth-order valence-corrected chi connectivity index (χ4v) is 5.22. The van der Waals surface area contributed by atoms with Gasteiger partial charge in [0.05, 0.1) is 36.9 Å². The second kappa shape index (κ2) is 12.5. The summed E-state index contributed by atoms with van der Waals surface area (Å²) < 4.78 is 10.9. The maximum Gasteiger partial charge on any atom is 0.212 e. The number of ketones is 2. The number of allylic oxidation sites excluding steroid dienone is 2. The number of benzene rings is 5. The van der Waals surface area contributed by atoms with Gasteiger partial charge in [-0.3, -0.25) is 9.59 Å². The van der Waals surface area contributed by atoms with E-state index in [-0.39, 0.29) is 17.3 Å². The molecule has 0 radical (unpaired) electrons. The van der Waals surface area contributed by atoms with Gasteiger partial charge in [-0.1, -0.05) is 91.0 Å². The number of rotatable bonds is 9. The summed E-state index contributed by atoms with van der Waals surface area (Å²) in [6.45, 7) is 0. The maximum absolute atomic E-state index is 14.6. The number of carbonyl (C=O) groups excluding carboxylic acids is 2. The first kappa shape index (κ1) is 28.2. The van der Waals surface area contributed by atoms with E-state index in [0.29, 0.717) is 39.6 Å². The molecule has 0 amide bonds. The first-order valence-corrected chi connectivity index (χ1v) is 14.2. The van der Waals surface area contributed by atoms with Crippen LogP contribution in [0.3, 0.4) is 0 Å². The van der Waals surface area contributed by atoms with Crippen LogP contribution in [0.4, 0.5) is 11.4 Å². The summed E-state index contributed by atoms with van der Waals surface area (Å²) in [7, 11) is 3.22. The van der Waals surface area contributed by atoms with Crippen LogP contribution in [0.15, 0.2) is 156 Å². The number of hydrogen-bond acceptors (Lipinski definition) is 6. The van der Waals surface area contributed by atoms with Gasteiger partial charge in [-0.05, 0) is 60.2 Å². The highest BCUT2D eigenvalue weighted by Gasteiger charge is 2.43. The molecule has 0 fully saturated rings. The Bertz CT molecular complexity index is 1830. The van der Waals surface area contributed by atoms with Gasteiger partial charge in [0, 0.05) is 11.1 Å². The maximum atomic E-state index is 14.6. The molecule has 1 aliphatic rings. The third-order valence-corrected chi connectivity index (χ3v) is 7.38. The van der Waals surface area contributed by atoms with Crippen LogP contribution >= 0.6 is 0 Å². The minimum absolute atomic E-state index is 0.244. The normalized spacial score (nSPS) is 13.7. The smallest absolute Gasteiger partial charge is 0.212 e. The molecule has 0 aliphatic carbocycles. The number of methoxy groups -OCH3 is 2. The average Bonchev–Trinajstić information content (AvgIpc) is 3.43. The Kier molecular flexibility index (Phi) is 8.06. The standard InChI is InChI=1S/C38H30N2O4/c1-43-32-22-18-30(19-23-32)39-34(26-27-12-6-3-7-13-27)35(37(41)28-14-8-4-9-15-28)36(38(42)29-16-10-5-11-17-29)40(39)31-20-24-33(44-2)25-21-31/h3-26H,1-2H3/b34-26-. The summed E-state index contributed by atoms with van der Waals surface area (Å²) in [5.41, 5.74) is 4.33. The molecule has 0 spiro atoms. The van der Waals surface area contributed by atoms with Crippen molar-refractivity contribution in [2.24, 2.45) is 0 Å². The van der Waals surface area contributed by atoms with Crippen molar-refractivity contribution in [3.63, 3.8) is 0 Å². The molecule has 1 aliphatic heterocycles. The van der Waals surface area contributed by atoms with E-state index < -0.39 is 0 Å². The molecule has 5 aromatic rings. The summed E-state index contributed by atoms with van der Waals surface area (Å²) in [4.78, 5) is 29.2. The van der Waals surface area contributed by atoms with Crippen LogP contribution in [0.1, 0.15) is 26.3 Å². The highest BCUT2D eigenvalue weighted by Crippen LogP contribution is 2.44. The lowest BCUT2D eigenvalue weighted by Gasteiger charge is -2.34. The van der Waals surface area contributed by atoms with E-state index in [2.05, 4.69) is 0 Å². The highest BCUT2D eigenvalue weighted by molar-refractivity contribution is 6.24. The van der Waals surface area contributed by atoms with Crippen molar-refractivity contribution >= 4 is 29.0 Å². The molecule has 216 valence electrons. The van der Waals surface area contributed by atoms with Crippen molar-refractivity contribution in [2.45, 2.75) is 0 Å². The van der Waals surface area contributed by atoms with E-state index in [1.165, 1.54) is 0 Å². The first-order chi connectivity index (χ1) is 21.6. The number of Topliss-reactive ketones (excluding diaryl/α,β-unsaturated/α-hetero) is 2. The SMILES string of the molecule is COc1ccc(N2C(C(=O)c3ccccc3)=C(C(=O)c3ccccc3)/C(=C/c3ccccc3)N2c2ccc(OC)cc2)cc1. The van der Waals surface area contributed by atoms with Gasteiger partial charge in [0.1, 0.15) is 17.2 Å². The molecule has 0 atom stereocenters. The van der Waals surface area contributed by atoms with Gasteiger partial charge < -0.3 is 9.47 Å². The number of hydrogen-bond donors (Lipinski definition) is 0. The van der Waals surface area contributed by atoms with E-state index in [9.17, 15) is 9.59 Å². The van der Waals surface area contributed by atoms with Crippen molar-refractivity contribution in [3.8, 4) is 11.5 Å². The Morgan fingerprint density at radius 2 is 0.955 bits per heavy atom. The van der Waals surface area contributed by atoms with Crippen LogP contribution in [0, 0.1) is 0 Å². The van der Waals surface area contributed by atoms with Gasteiger partial charge in [0.2, 0.25) is 5.78 Å². The number of nitrogens with zero attached hydrogens (tertiary/aromatic N) is 2. The molecule has 1 heterocycles. The molecule has 0 unspecified atom stereocenters. The van der Waals surface area contributed by atoms with E-state index in [0.717, 1.165) is 11.3 Å². The summed E-state index contributed by atoms with van der Waals surface area (Å²) in [6, 6.07) is 42.8. The Morgan fingerprint density at radius 1 is 0.523 bits per heavy atom. The second-order valence-electron chi connectivity index (χ2n) is 10.1.